The lowest BCUT2D eigenvalue weighted by atomic mass is 9.99. The Balaban J connectivity index is 1.47. The van der Waals surface area contributed by atoms with E-state index in [4.69, 9.17) is 13.9 Å². The number of ether oxygens (including phenoxy) is 2. The molecular weight excluding hydrogens is 436 g/mol. The number of fused-ring (bicyclic) bond motifs is 2. The maximum absolute atomic E-state index is 7.24. The third-order valence-electron chi connectivity index (χ3n) is 7.24. The summed E-state index contributed by atoms with van der Waals surface area (Å²) in [5, 5.41) is 2.49. The van der Waals surface area contributed by atoms with Gasteiger partial charge in [-0.3, -0.25) is 0 Å². The second-order valence-electron chi connectivity index (χ2n) is 10.5. The van der Waals surface area contributed by atoms with Crippen LogP contribution in [0.25, 0.3) is 0 Å². The molecule has 176 valence electrons. The Bertz CT molecular complexity index is 1070. The summed E-state index contributed by atoms with van der Waals surface area (Å²) < 4.78 is 20.1. The van der Waals surface area contributed by atoms with Crippen molar-refractivity contribution in [1.29, 1.82) is 0 Å². The van der Waals surface area contributed by atoms with E-state index in [2.05, 4.69) is 118 Å². The summed E-state index contributed by atoms with van der Waals surface area (Å²) in [6.45, 7) is 8.66. The zero-order valence-corrected chi connectivity index (χ0v) is 21.3. The average Bonchev–Trinajstić information content (AvgIpc) is 3.38. The van der Waals surface area contributed by atoms with E-state index in [9.17, 15) is 0 Å². The molecule has 3 aromatic carbocycles. The highest BCUT2D eigenvalue weighted by molar-refractivity contribution is 6.99. The van der Waals surface area contributed by atoms with Crippen LogP contribution in [0.15, 0.2) is 103 Å². The van der Waals surface area contributed by atoms with Crippen molar-refractivity contribution in [2.75, 3.05) is 13.2 Å². The van der Waals surface area contributed by atoms with E-state index in [0.717, 1.165) is 0 Å². The number of hydrogen-bond donors (Lipinski definition) is 0. The highest BCUT2D eigenvalue weighted by atomic mass is 28.4. The van der Waals surface area contributed by atoms with Gasteiger partial charge < -0.3 is 13.9 Å². The van der Waals surface area contributed by atoms with E-state index in [1.54, 1.807) is 0 Å². The van der Waals surface area contributed by atoms with Gasteiger partial charge in [-0.05, 0) is 21.0 Å². The maximum atomic E-state index is 7.24. The summed E-state index contributed by atoms with van der Waals surface area (Å²) in [6, 6.07) is 31.9. The maximum Gasteiger partial charge on any atom is 0.261 e. The molecule has 1 aliphatic carbocycles. The Kier molecular flexibility index (Phi) is 6.34. The Morgan fingerprint density at radius 3 is 1.91 bits per heavy atom. The summed E-state index contributed by atoms with van der Waals surface area (Å²) in [5.41, 5.74) is 0.629. The Morgan fingerprint density at radius 1 is 0.853 bits per heavy atom. The van der Waals surface area contributed by atoms with Crippen LogP contribution < -0.4 is 10.4 Å². The summed E-state index contributed by atoms with van der Waals surface area (Å²) >= 11 is 0. The molecule has 1 aliphatic heterocycles. The molecule has 1 fully saturated rings. The second kappa shape index (κ2) is 9.27. The molecule has 0 unspecified atom stereocenters. The Labute approximate surface area is 204 Å². The van der Waals surface area contributed by atoms with Crippen LogP contribution in [0.2, 0.25) is 5.04 Å². The first-order chi connectivity index (χ1) is 16.4. The van der Waals surface area contributed by atoms with E-state index in [0.29, 0.717) is 19.8 Å². The van der Waals surface area contributed by atoms with Gasteiger partial charge in [-0.25, -0.2) is 0 Å². The molecule has 4 heteroatoms. The molecular formula is C30H34O3Si. The molecule has 0 amide bonds. The van der Waals surface area contributed by atoms with Crippen LogP contribution in [0, 0.1) is 5.92 Å². The van der Waals surface area contributed by atoms with Crippen LogP contribution in [0.5, 0.6) is 0 Å². The van der Waals surface area contributed by atoms with Crippen molar-refractivity contribution in [1.82, 2.24) is 0 Å². The van der Waals surface area contributed by atoms with Gasteiger partial charge in [0.05, 0.1) is 19.8 Å². The topological polar surface area (TPSA) is 27.7 Å². The van der Waals surface area contributed by atoms with Crippen LogP contribution in [-0.2, 0) is 20.5 Å². The molecule has 2 aliphatic rings. The molecule has 3 aromatic rings. The van der Waals surface area contributed by atoms with Crippen LogP contribution in [0.4, 0.5) is 0 Å². The molecule has 3 atom stereocenters. The van der Waals surface area contributed by atoms with E-state index >= 15 is 0 Å². The van der Waals surface area contributed by atoms with Crippen molar-refractivity contribution in [3.63, 3.8) is 0 Å². The fourth-order valence-corrected chi connectivity index (χ4v) is 10.1. The molecule has 0 aromatic heterocycles. The fraction of sp³-hybridized carbons (Fsp3) is 0.333. The summed E-state index contributed by atoms with van der Waals surface area (Å²) in [7, 11) is -2.65. The average molecular weight is 471 g/mol. The first kappa shape index (κ1) is 23.2. The van der Waals surface area contributed by atoms with Crippen LogP contribution >= 0.6 is 0 Å². The van der Waals surface area contributed by atoms with Gasteiger partial charge in [0.1, 0.15) is 11.7 Å². The monoisotopic (exact) mass is 470 g/mol. The molecule has 0 radical (unpaired) electrons. The standard InChI is InChI=1S/C30H34O3Si/c1-29(2,3)34(26-15-9-5-10-16-26,27-17-11-6-12-18-27)33-23-30-20-19-25(22-32-30)28(30)31-21-24-13-7-4-8-14-24/h4-20,25,28H,21-23H2,1-3H3/t25-,28-,30+/m1/s1. The number of rotatable bonds is 8. The normalized spacial score (nSPS) is 24.0. The summed E-state index contributed by atoms with van der Waals surface area (Å²) in [4.78, 5) is 0. The lowest BCUT2D eigenvalue weighted by Gasteiger charge is -2.45. The lowest BCUT2D eigenvalue weighted by molar-refractivity contribution is -0.0821. The molecule has 5 rings (SSSR count). The predicted molar refractivity (Wildman–Crippen MR) is 140 cm³/mol. The van der Waals surface area contributed by atoms with E-state index in [1.165, 1.54) is 15.9 Å². The second-order valence-corrected chi connectivity index (χ2v) is 14.8. The van der Waals surface area contributed by atoms with Crippen LogP contribution in [0.1, 0.15) is 26.3 Å². The molecule has 0 spiro atoms. The van der Waals surface area contributed by atoms with Crippen molar-refractivity contribution in [2.24, 2.45) is 5.92 Å². The van der Waals surface area contributed by atoms with Crippen molar-refractivity contribution in [2.45, 2.75) is 44.1 Å². The van der Waals surface area contributed by atoms with Gasteiger partial charge in [0.25, 0.3) is 8.32 Å². The zero-order chi connectivity index (χ0) is 23.7. The molecule has 1 saturated heterocycles. The fourth-order valence-electron chi connectivity index (χ4n) is 5.55. The smallest absolute Gasteiger partial charge is 0.261 e. The van der Waals surface area contributed by atoms with Gasteiger partial charge >= 0.3 is 0 Å². The van der Waals surface area contributed by atoms with Gasteiger partial charge in [0.2, 0.25) is 0 Å². The SMILES string of the molecule is CC(C)(C)[Si](OC[C@]12C=C[C@H](CO1)[C@H]2OCc1ccccc1)(c1ccccc1)c1ccccc1. The predicted octanol–water partition coefficient (Wildman–Crippen LogP) is 5.10. The van der Waals surface area contributed by atoms with Gasteiger partial charge in [0, 0.05) is 5.92 Å². The molecule has 34 heavy (non-hydrogen) atoms. The molecule has 1 heterocycles. The van der Waals surface area contributed by atoms with Crippen molar-refractivity contribution in [3.8, 4) is 0 Å². The van der Waals surface area contributed by atoms with E-state index in [1.807, 2.05) is 6.07 Å². The van der Waals surface area contributed by atoms with Gasteiger partial charge in [-0.1, -0.05) is 124 Å². The first-order valence-electron chi connectivity index (χ1n) is 12.2. The van der Waals surface area contributed by atoms with Crippen molar-refractivity contribution >= 4 is 18.7 Å². The first-order valence-corrected chi connectivity index (χ1v) is 14.1. The zero-order valence-electron chi connectivity index (χ0n) is 20.3. The van der Waals surface area contributed by atoms with Gasteiger partial charge in [0.15, 0.2) is 0 Å². The summed E-state index contributed by atoms with van der Waals surface area (Å²) in [6.07, 6.45) is 4.41. The highest BCUT2D eigenvalue weighted by Crippen LogP contribution is 2.44. The summed E-state index contributed by atoms with van der Waals surface area (Å²) in [5.74, 6) is 0.270. The minimum atomic E-state index is -2.65. The third kappa shape index (κ3) is 4.09. The highest BCUT2D eigenvalue weighted by Gasteiger charge is 2.56. The largest absolute Gasteiger partial charge is 0.404 e. The Morgan fingerprint density at radius 2 is 1.41 bits per heavy atom. The number of hydrogen-bond acceptors (Lipinski definition) is 3. The molecule has 0 saturated carbocycles. The van der Waals surface area contributed by atoms with Gasteiger partial charge in [-0.15, -0.1) is 0 Å². The molecule has 0 N–H and O–H groups in total. The lowest BCUT2D eigenvalue weighted by Crippen LogP contribution is -2.68. The van der Waals surface area contributed by atoms with Gasteiger partial charge in [-0.2, -0.15) is 0 Å². The van der Waals surface area contributed by atoms with E-state index in [-0.39, 0.29) is 17.1 Å². The third-order valence-corrected chi connectivity index (χ3v) is 12.2. The number of benzene rings is 3. The van der Waals surface area contributed by atoms with Crippen LogP contribution in [0.3, 0.4) is 0 Å². The molecule has 2 bridgehead atoms. The molecule has 3 nitrogen and oxygen atoms in total. The minimum Gasteiger partial charge on any atom is -0.404 e. The van der Waals surface area contributed by atoms with Crippen molar-refractivity contribution in [3.05, 3.63) is 109 Å². The minimum absolute atomic E-state index is 0.0362. The van der Waals surface area contributed by atoms with E-state index < -0.39 is 13.9 Å². The Hall–Kier alpha value is -2.50. The van der Waals surface area contributed by atoms with Crippen LogP contribution in [-0.4, -0.2) is 33.2 Å². The quantitative estimate of drug-likeness (QED) is 0.338. The van der Waals surface area contributed by atoms with Crippen molar-refractivity contribution < 1.29 is 13.9 Å².